The van der Waals surface area contributed by atoms with Crippen LogP contribution in [0.15, 0.2) is 12.1 Å². The average molecular weight is 319 g/mol. The van der Waals surface area contributed by atoms with Gasteiger partial charge in [0.2, 0.25) is 0 Å². The van der Waals surface area contributed by atoms with Crippen molar-refractivity contribution in [2.24, 2.45) is 0 Å². The number of hydrogen-bond acceptors (Lipinski definition) is 1. The normalized spacial score (nSPS) is 13.4. The Bertz CT molecular complexity index is 262. The number of rotatable bonds is 2. The summed E-state index contributed by atoms with van der Waals surface area (Å²) in [6, 6.07) is 4.78. The summed E-state index contributed by atoms with van der Waals surface area (Å²) in [7, 11) is -1.04. The van der Waals surface area contributed by atoms with Gasteiger partial charge in [-0.05, 0) is 0 Å². The van der Waals surface area contributed by atoms with Gasteiger partial charge in [0.05, 0.1) is 0 Å². The molecule has 0 fully saturated rings. The topological polar surface area (TPSA) is 0 Å². The molecule has 0 aliphatic carbocycles. The van der Waals surface area contributed by atoms with Crippen molar-refractivity contribution >= 4 is 45.2 Å². The minimum absolute atomic E-state index is 1.04. The predicted molar refractivity (Wildman–Crippen MR) is 70.3 cm³/mol. The zero-order chi connectivity index (χ0) is 10.3. The third-order valence-electron chi connectivity index (χ3n) is 2.08. The molecule has 0 amide bonds. The molecule has 74 valence electrons. The van der Waals surface area contributed by atoms with E-state index in [1.165, 1.54) is 0 Å². The quantitative estimate of drug-likeness (QED) is 0.736. The Labute approximate surface area is 91.3 Å². The molecule has 3 heteroatoms. The summed E-state index contributed by atoms with van der Waals surface area (Å²) < 4.78 is 3.40. The van der Waals surface area contributed by atoms with Gasteiger partial charge < -0.3 is 0 Å². The molecule has 0 aliphatic heterocycles. The van der Waals surface area contributed by atoms with E-state index in [0.29, 0.717) is 0 Å². The van der Waals surface area contributed by atoms with Crippen LogP contribution in [-0.4, -0.2) is 26.5 Å². The van der Waals surface area contributed by atoms with Gasteiger partial charge in [0.25, 0.3) is 0 Å². The van der Waals surface area contributed by atoms with Crippen LogP contribution in [0.3, 0.4) is 0 Å². The van der Waals surface area contributed by atoms with Gasteiger partial charge in [0.1, 0.15) is 0 Å². The molecule has 0 aromatic carbocycles. The maximum absolute atomic E-state index is 2.49. The summed E-state index contributed by atoms with van der Waals surface area (Å²) in [5.74, 6) is 0. The van der Waals surface area contributed by atoms with Crippen LogP contribution in [-0.2, 0) is 0 Å². The Morgan fingerprint density at radius 2 is 1.62 bits per heavy atom. The molecular formula is C10H20SSiSn. The van der Waals surface area contributed by atoms with E-state index in [2.05, 4.69) is 57.9 Å². The Hall–Kier alpha value is 0.716. The molecule has 1 aromatic heterocycles. The Morgan fingerprint density at radius 1 is 1.08 bits per heavy atom. The van der Waals surface area contributed by atoms with Crippen LogP contribution in [0.25, 0.3) is 0 Å². The van der Waals surface area contributed by atoms with Crippen LogP contribution >= 0.6 is 11.3 Å². The first-order valence-electron chi connectivity index (χ1n) is 4.82. The molecule has 0 radical (unpaired) electrons. The van der Waals surface area contributed by atoms with Gasteiger partial charge in [0.15, 0.2) is 0 Å². The van der Waals surface area contributed by atoms with E-state index >= 15 is 0 Å². The van der Waals surface area contributed by atoms with Gasteiger partial charge in [-0.1, -0.05) is 0 Å². The van der Waals surface area contributed by atoms with Gasteiger partial charge in [-0.15, -0.1) is 0 Å². The SMILES string of the molecule is C[Si](C)(C)c1cc[c]([Sn]([CH3])([CH3])[CH3])s1. The monoisotopic (exact) mass is 320 g/mol. The molecule has 0 aliphatic rings. The first-order valence-corrected chi connectivity index (χ1v) is 19.1. The van der Waals surface area contributed by atoms with E-state index in [-0.39, 0.29) is 0 Å². The molecule has 0 bridgehead atoms. The molecule has 0 spiro atoms. The van der Waals surface area contributed by atoms with Crippen molar-refractivity contribution in [3.63, 3.8) is 0 Å². The van der Waals surface area contributed by atoms with Crippen molar-refractivity contribution in [1.82, 2.24) is 0 Å². The van der Waals surface area contributed by atoms with Gasteiger partial charge in [-0.2, -0.15) is 0 Å². The number of hydrogen-bond donors (Lipinski definition) is 0. The third kappa shape index (κ3) is 3.10. The van der Waals surface area contributed by atoms with E-state index in [4.69, 9.17) is 0 Å². The van der Waals surface area contributed by atoms with Gasteiger partial charge >= 0.3 is 91.8 Å². The third-order valence-corrected chi connectivity index (χ3v) is 16.3. The van der Waals surface area contributed by atoms with Crippen molar-refractivity contribution in [3.8, 4) is 0 Å². The summed E-state index contributed by atoms with van der Waals surface area (Å²) in [6.07, 6.45) is 0. The fourth-order valence-corrected chi connectivity index (χ4v) is 10.2. The number of thiophene rings is 1. The Balaban J connectivity index is 3.01. The van der Waals surface area contributed by atoms with Gasteiger partial charge in [-0.3, -0.25) is 0 Å². The molecule has 0 unspecified atom stereocenters. The van der Waals surface area contributed by atoms with Crippen molar-refractivity contribution in [2.45, 2.75) is 34.5 Å². The van der Waals surface area contributed by atoms with E-state index in [1.54, 1.807) is 7.39 Å². The molecule has 1 heterocycles. The van der Waals surface area contributed by atoms with Crippen LogP contribution in [0.1, 0.15) is 0 Å². The van der Waals surface area contributed by atoms with E-state index < -0.39 is 26.5 Å². The van der Waals surface area contributed by atoms with Gasteiger partial charge in [0, 0.05) is 0 Å². The second kappa shape index (κ2) is 3.70. The summed E-state index contributed by atoms with van der Waals surface area (Å²) >= 11 is 0.349. The molecule has 13 heavy (non-hydrogen) atoms. The zero-order valence-electron chi connectivity index (χ0n) is 9.56. The minimum atomic E-state index is -1.75. The zero-order valence-corrected chi connectivity index (χ0v) is 14.2. The van der Waals surface area contributed by atoms with Crippen LogP contribution in [0.4, 0.5) is 0 Å². The summed E-state index contributed by atoms with van der Waals surface area (Å²) in [4.78, 5) is 7.48. The van der Waals surface area contributed by atoms with Crippen LogP contribution in [0.2, 0.25) is 34.5 Å². The average Bonchev–Trinajstić information content (AvgIpc) is 2.28. The van der Waals surface area contributed by atoms with Crippen molar-refractivity contribution in [1.29, 1.82) is 0 Å². The van der Waals surface area contributed by atoms with Crippen LogP contribution in [0.5, 0.6) is 0 Å². The molecule has 0 saturated carbocycles. The fraction of sp³-hybridized carbons (Fsp3) is 0.600. The Kier molecular flexibility index (Phi) is 3.36. The van der Waals surface area contributed by atoms with Crippen molar-refractivity contribution < 1.29 is 0 Å². The van der Waals surface area contributed by atoms with Crippen molar-refractivity contribution in [2.75, 3.05) is 0 Å². The van der Waals surface area contributed by atoms with E-state index in [0.717, 1.165) is 0 Å². The summed E-state index contributed by atoms with van der Waals surface area (Å²) in [5.41, 5.74) is 0. The predicted octanol–water partition coefficient (Wildman–Crippen LogP) is 2.84. The Morgan fingerprint density at radius 3 is 1.85 bits per heavy atom. The molecule has 0 N–H and O–H groups in total. The molecular weight excluding hydrogens is 299 g/mol. The second-order valence-corrected chi connectivity index (χ2v) is 27.6. The maximum atomic E-state index is 2.49. The fourth-order valence-electron chi connectivity index (χ4n) is 1.14. The molecule has 0 nitrogen and oxygen atoms in total. The first kappa shape index (κ1) is 11.8. The molecule has 1 aromatic rings. The van der Waals surface area contributed by atoms with Gasteiger partial charge in [-0.25, -0.2) is 0 Å². The van der Waals surface area contributed by atoms with E-state index in [1.807, 2.05) is 0 Å². The van der Waals surface area contributed by atoms with E-state index in [9.17, 15) is 0 Å². The molecule has 0 saturated heterocycles. The second-order valence-electron chi connectivity index (χ2n) is 5.66. The summed E-state index contributed by atoms with van der Waals surface area (Å²) in [5, 5.41) is 0. The summed E-state index contributed by atoms with van der Waals surface area (Å²) in [6.45, 7) is 7.29. The van der Waals surface area contributed by atoms with Crippen LogP contribution < -0.4 is 7.39 Å². The van der Waals surface area contributed by atoms with Crippen molar-refractivity contribution in [3.05, 3.63) is 12.1 Å². The first-order chi connectivity index (χ1) is 5.71. The molecule has 0 atom stereocenters. The van der Waals surface area contributed by atoms with Crippen LogP contribution in [0, 0.1) is 0 Å². The standard InChI is InChI=1S/C7H11SSi.3CH3.Sn/c1-9(2,3)7-5-4-6-8-7;;;;/h4-5H,1-3H3;3*1H3;. The molecule has 1 rings (SSSR count).